The zero-order valence-electron chi connectivity index (χ0n) is 17.4. The molecule has 3 heterocycles. The molecule has 0 aliphatic carbocycles. The summed E-state index contributed by atoms with van der Waals surface area (Å²) in [7, 11) is 0. The third-order valence-corrected chi connectivity index (χ3v) is 4.53. The van der Waals surface area contributed by atoms with Crippen LogP contribution in [0.25, 0.3) is 11.4 Å². The number of halogens is 9. The van der Waals surface area contributed by atoms with Crippen molar-refractivity contribution in [3.8, 4) is 11.4 Å². The Morgan fingerprint density at radius 1 is 0.972 bits per heavy atom. The van der Waals surface area contributed by atoms with Crippen LogP contribution in [0.5, 0.6) is 0 Å². The summed E-state index contributed by atoms with van der Waals surface area (Å²) in [5.41, 5.74) is -4.26. The van der Waals surface area contributed by atoms with E-state index in [0.29, 0.717) is 12.1 Å². The Labute approximate surface area is 194 Å². The van der Waals surface area contributed by atoms with E-state index in [1.54, 1.807) is 0 Å². The molecular formula is C19H13F9N6O2. The Bertz CT molecular complexity index is 1190. The van der Waals surface area contributed by atoms with E-state index in [9.17, 15) is 49.4 Å². The van der Waals surface area contributed by atoms with E-state index in [1.807, 2.05) is 5.32 Å². The zero-order chi connectivity index (χ0) is 26.9. The Morgan fingerprint density at radius 2 is 1.58 bits per heavy atom. The summed E-state index contributed by atoms with van der Waals surface area (Å²) in [5, 5.41) is 15.3. The van der Waals surface area contributed by atoms with Crippen molar-refractivity contribution in [1.29, 1.82) is 0 Å². The lowest BCUT2D eigenvalue weighted by Gasteiger charge is -2.14. The molecule has 0 saturated carbocycles. The van der Waals surface area contributed by atoms with E-state index in [2.05, 4.69) is 20.1 Å². The van der Waals surface area contributed by atoms with Crippen molar-refractivity contribution in [1.82, 2.24) is 24.7 Å². The lowest BCUT2D eigenvalue weighted by molar-refractivity contribution is -0.150. The molecule has 0 saturated heterocycles. The van der Waals surface area contributed by atoms with Crippen LogP contribution in [-0.4, -0.2) is 48.5 Å². The topological polar surface area (TPSA) is 106 Å². The molecule has 3 aromatic heterocycles. The van der Waals surface area contributed by atoms with Gasteiger partial charge < -0.3 is 10.4 Å². The van der Waals surface area contributed by atoms with Crippen molar-refractivity contribution >= 4 is 11.8 Å². The van der Waals surface area contributed by atoms with Crippen LogP contribution < -0.4 is 5.32 Å². The van der Waals surface area contributed by atoms with Gasteiger partial charge in [0.2, 0.25) is 0 Å². The van der Waals surface area contributed by atoms with Crippen LogP contribution in [0.15, 0.2) is 36.8 Å². The molecule has 0 bridgehead atoms. The van der Waals surface area contributed by atoms with Crippen molar-refractivity contribution in [2.75, 3.05) is 11.9 Å². The second-order valence-corrected chi connectivity index (χ2v) is 7.25. The predicted molar refractivity (Wildman–Crippen MR) is 102 cm³/mol. The smallest absolute Gasteiger partial charge is 0.433 e. The van der Waals surface area contributed by atoms with Gasteiger partial charge in [-0.05, 0) is 23.8 Å². The van der Waals surface area contributed by atoms with Crippen LogP contribution in [0, 0.1) is 0 Å². The summed E-state index contributed by atoms with van der Waals surface area (Å²) >= 11 is 0. The van der Waals surface area contributed by atoms with Crippen LogP contribution in [-0.2, 0) is 23.7 Å². The monoisotopic (exact) mass is 528 g/mol. The Hall–Kier alpha value is -3.92. The van der Waals surface area contributed by atoms with Crippen molar-refractivity contribution in [2.24, 2.45) is 0 Å². The standard InChI is InChI=1S/C19H13F9N6O2/c20-17(21,22)7-30-14-2-1-9(5-29-14)11(16(35)36)6-34-8-31-15(33-34)10-3-12(18(23,24)25)32-13(4-10)19(26,27)28/h1-5,8,11H,6-7H2,(H,29,30)(H,35,36). The molecule has 17 heteroatoms. The number of alkyl halides is 9. The molecule has 3 rings (SSSR count). The minimum absolute atomic E-state index is 0.0414. The number of pyridine rings is 2. The molecule has 0 aliphatic rings. The van der Waals surface area contributed by atoms with Gasteiger partial charge in [0.15, 0.2) is 5.82 Å². The minimum Gasteiger partial charge on any atom is -0.481 e. The van der Waals surface area contributed by atoms with Crippen LogP contribution >= 0.6 is 0 Å². The number of aromatic nitrogens is 5. The van der Waals surface area contributed by atoms with Crippen molar-refractivity contribution in [3.05, 3.63) is 53.7 Å². The summed E-state index contributed by atoms with van der Waals surface area (Å²) in [6, 6.07) is 2.94. The van der Waals surface area contributed by atoms with Gasteiger partial charge in [0, 0.05) is 11.8 Å². The maximum atomic E-state index is 13.0. The van der Waals surface area contributed by atoms with E-state index < -0.39 is 66.3 Å². The lowest BCUT2D eigenvalue weighted by Crippen LogP contribution is -2.22. The molecule has 0 radical (unpaired) electrons. The van der Waals surface area contributed by atoms with Crippen LogP contribution in [0.3, 0.4) is 0 Å². The first-order valence-corrected chi connectivity index (χ1v) is 9.58. The first-order chi connectivity index (χ1) is 16.5. The van der Waals surface area contributed by atoms with Gasteiger partial charge in [-0.3, -0.25) is 9.48 Å². The number of nitrogens with one attached hydrogen (secondary N) is 1. The molecule has 36 heavy (non-hydrogen) atoms. The van der Waals surface area contributed by atoms with E-state index in [-0.39, 0.29) is 11.4 Å². The predicted octanol–water partition coefficient (Wildman–Crippen LogP) is 4.62. The van der Waals surface area contributed by atoms with Gasteiger partial charge in [-0.2, -0.15) is 44.6 Å². The molecule has 3 aromatic rings. The van der Waals surface area contributed by atoms with Crippen LogP contribution in [0.4, 0.5) is 45.3 Å². The SMILES string of the molecule is O=C(O)C(Cn1cnc(-c2cc(C(F)(F)F)nc(C(F)(F)F)c2)n1)c1ccc(NCC(F)(F)F)nc1. The fraction of sp³-hybridized carbons (Fsp3) is 0.316. The van der Waals surface area contributed by atoms with Crippen molar-refractivity contribution < 1.29 is 49.4 Å². The molecular weight excluding hydrogens is 515 g/mol. The van der Waals surface area contributed by atoms with E-state index in [0.717, 1.165) is 23.3 Å². The Balaban J connectivity index is 1.85. The summed E-state index contributed by atoms with van der Waals surface area (Å²) < 4.78 is 116. The average molecular weight is 528 g/mol. The first kappa shape index (κ1) is 26.7. The fourth-order valence-electron chi connectivity index (χ4n) is 2.88. The lowest BCUT2D eigenvalue weighted by atomic mass is 10.0. The number of carboxylic acids is 1. The Morgan fingerprint density at radius 3 is 2.06 bits per heavy atom. The fourth-order valence-corrected chi connectivity index (χ4v) is 2.88. The van der Waals surface area contributed by atoms with Gasteiger partial charge in [0.25, 0.3) is 0 Å². The molecule has 0 aromatic carbocycles. The number of carbonyl (C=O) groups is 1. The third-order valence-electron chi connectivity index (χ3n) is 4.53. The first-order valence-electron chi connectivity index (χ1n) is 9.58. The van der Waals surface area contributed by atoms with E-state index in [4.69, 9.17) is 0 Å². The number of hydrogen-bond acceptors (Lipinski definition) is 6. The second-order valence-electron chi connectivity index (χ2n) is 7.25. The van der Waals surface area contributed by atoms with Gasteiger partial charge in [0.1, 0.15) is 36.0 Å². The quantitative estimate of drug-likeness (QED) is 0.432. The van der Waals surface area contributed by atoms with Crippen LogP contribution in [0.1, 0.15) is 22.9 Å². The molecule has 2 N–H and O–H groups in total. The number of anilines is 1. The number of hydrogen-bond donors (Lipinski definition) is 2. The average Bonchev–Trinajstić information content (AvgIpc) is 3.23. The van der Waals surface area contributed by atoms with Gasteiger partial charge in [-0.15, -0.1) is 0 Å². The normalized spacial score (nSPS) is 13.5. The van der Waals surface area contributed by atoms with Gasteiger partial charge in [0.05, 0.1) is 6.54 Å². The molecule has 0 fully saturated rings. The van der Waals surface area contributed by atoms with Crippen LogP contribution in [0.2, 0.25) is 0 Å². The number of aliphatic carboxylic acids is 1. The van der Waals surface area contributed by atoms with Gasteiger partial charge >= 0.3 is 24.5 Å². The number of rotatable bonds is 7. The molecule has 8 nitrogen and oxygen atoms in total. The maximum absolute atomic E-state index is 13.0. The van der Waals surface area contributed by atoms with E-state index >= 15 is 0 Å². The maximum Gasteiger partial charge on any atom is 0.433 e. The van der Waals surface area contributed by atoms with Crippen molar-refractivity contribution in [2.45, 2.75) is 31.0 Å². The molecule has 0 spiro atoms. The summed E-state index contributed by atoms with van der Waals surface area (Å²) in [6.07, 6.45) is -13.0. The van der Waals surface area contributed by atoms with Crippen molar-refractivity contribution in [3.63, 3.8) is 0 Å². The summed E-state index contributed by atoms with van der Waals surface area (Å²) in [5.74, 6) is -3.52. The molecule has 1 unspecified atom stereocenters. The van der Waals surface area contributed by atoms with Gasteiger partial charge in [-0.1, -0.05) is 6.07 Å². The Kier molecular flexibility index (Phi) is 7.13. The molecule has 1 atom stereocenters. The van der Waals surface area contributed by atoms with E-state index in [1.165, 1.54) is 6.07 Å². The third kappa shape index (κ3) is 6.82. The highest BCUT2D eigenvalue weighted by molar-refractivity contribution is 5.76. The minimum atomic E-state index is -5.19. The molecule has 0 amide bonds. The zero-order valence-corrected chi connectivity index (χ0v) is 17.4. The highest BCUT2D eigenvalue weighted by Crippen LogP contribution is 2.35. The molecule has 194 valence electrons. The summed E-state index contributed by atoms with van der Waals surface area (Å²) in [6.45, 7) is -1.84. The van der Waals surface area contributed by atoms with Gasteiger partial charge in [-0.25, -0.2) is 15.0 Å². The number of carboxylic acid groups (broad SMARTS) is 1. The number of nitrogens with zero attached hydrogens (tertiary/aromatic N) is 5. The highest BCUT2D eigenvalue weighted by Gasteiger charge is 2.39. The largest absolute Gasteiger partial charge is 0.481 e. The highest BCUT2D eigenvalue weighted by atomic mass is 19.4. The summed E-state index contributed by atoms with van der Waals surface area (Å²) in [4.78, 5) is 21.7. The molecule has 0 aliphatic heterocycles. The second kappa shape index (κ2) is 9.62.